The summed E-state index contributed by atoms with van der Waals surface area (Å²) in [6.45, 7) is 2.54. The minimum atomic E-state index is -0.509. The highest BCUT2D eigenvalue weighted by atomic mass is 35.5. The number of hydrogen-bond acceptors (Lipinski definition) is 3. The summed E-state index contributed by atoms with van der Waals surface area (Å²) >= 11 is 5.92. The monoisotopic (exact) mass is 323 g/mol. The van der Waals surface area contributed by atoms with Gasteiger partial charge in [0, 0.05) is 12.2 Å². The van der Waals surface area contributed by atoms with E-state index in [0.29, 0.717) is 17.3 Å². The molecule has 0 spiro atoms. The van der Waals surface area contributed by atoms with Crippen molar-refractivity contribution >= 4 is 29.2 Å². The van der Waals surface area contributed by atoms with Gasteiger partial charge < -0.3 is 10.1 Å². The number of ether oxygens (including phenoxy) is 1. The second-order valence-electron chi connectivity index (χ2n) is 4.88. The number of para-hydroxylation sites is 1. The largest absolute Gasteiger partial charge is 0.463 e. The molecule has 4 nitrogen and oxygen atoms in total. The first-order valence-electron chi connectivity index (χ1n) is 7.54. The van der Waals surface area contributed by atoms with Crippen molar-refractivity contribution in [1.82, 2.24) is 0 Å². The third-order valence-electron chi connectivity index (χ3n) is 2.99. The van der Waals surface area contributed by atoms with Crippen molar-refractivity contribution in [2.75, 3.05) is 11.9 Å². The van der Waals surface area contributed by atoms with E-state index in [4.69, 9.17) is 16.3 Å². The van der Waals surface area contributed by atoms with E-state index in [1.807, 2.05) is 0 Å². The standard InChI is InChI=1S/C17H22ClNO3/c1-2-3-4-5-8-13-22-17(21)12-11-16(20)19-15-10-7-6-9-14(15)18/h6-7,9-12H,2-5,8,13H2,1H3,(H,19,20)/b12-11+. The third kappa shape index (κ3) is 7.84. The Bertz CT molecular complexity index is 514. The van der Waals surface area contributed by atoms with Gasteiger partial charge in [-0.15, -0.1) is 0 Å². The van der Waals surface area contributed by atoms with Crippen molar-refractivity contribution < 1.29 is 14.3 Å². The number of esters is 1. The van der Waals surface area contributed by atoms with E-state index in [-0.39, 0.29) is 0 Å². The molecule has 0 aromatic heterocycles. The quantitative estimate of drug-likeness (QED) is 0.417. The van der Waals surface area contributed by atoms with Crippen LogP contribution < -0.4 is 5.32 Å². The lowest BCUT2D eigenvalue weighted by Gasteiger charge is -2.04. The Balaban J connectivity index is 2.24. The Labute approximate surface area is 136 Å². The fourth-order valence-corrected chi connectivity index (χ4v) is 1.99. The predicted octanol–water partition coefficient (Wildman–Crippen LogP) is 4.35. The van der Waals surface area contributed by atoms with Gasteiger partial charge in [0.1, 0.15) is 0 Å². The lowest BCUT2D eigenvalue weighted by molar-refractivity contribution is -0.138. The maximum absolute atomic E-state index is 11.7. The summed E-state index contributed by atoms with van der Waals surface area (Å²) in [6.07, 6.45) is 7.72. The SMILES string of the molecule is CCCCCCCOC(=O)/C=C/C(=O)Nc1ccccc1Cl. The van der Waals surface area contributed by atoms with Crippen LogP contribution in [0.2, 0.25) is 5.02 Å². The zero-order valence-corrected chi connectivity index (χ0v) is 13.6. The highest BCUT2D eigenvalue weighted by Crippen LogP contribution is 2.20. The Hall–Kier alpha value is -1.81. The molecular formula is C17H22ClNO3. The maximum Gasteiger partial charge on any atom is 0.330 e. The van der Waals surface area contributed by atoms with Crippen LogP contribution in [0.1, 0.15) is 39.0 Å². The molecule has 120 valence electrons. The smallest absolute Gasteiger partial charge is 0.330 e. The molecule has 0 saturated heterocycles. The Morgan fingerprint density at radius 2 is 1.86 bits per heavy atom. The molecule has 0 aliphatic heterocycles. The van der Waals surface area contributed by atoms with Crippen molar-refractivity contribution in [3.8, 4) is 0 Å². The van der Waals surface area contributed by atoms with E-state index in [0.717, 1.165) is 31.4 Å². The first-order valence-corrected chi connectivity index (χ1v) is 7.91. The number of carbonyl (C=O) groups is 2. The second kappa shape index (κ2) is 10.9. The number of unbranched alkanes of at least 4 members (excludes halogenated alkanes) is 4. The number of hydrogen-bond donors (Lipinski definition) is 1. The molecule has 1 aromatic carbocycles. The molecule has 22 heavy (non-hydrogen) atoms. The van der Waals surface area contributed by atoms with Gasteiger partial charge in [0.2, 0.25) is 5.91 Å². The Kier molecular flexibility index (Phi) is 9.00. The van der Waals surface area contributed by atoms with Gasteiger partial charge in [-0.2, -0.15) is 0 Å². The van der Waals surface area contributed by atoms with Crippen molar-refractivity contribution in [1.29, 1.82) is 0 Å². The molecule has 0 atom stereocenters. The number of halogens is 1. The minimum Gasteiger partial charge on any atom is -0.463 e. The van der Waals surface area contributed by atoms with Crippen molar-refractivity contribution in [2.45, 2.75) is 39.0 Å². The number of anilines is 1. The molecule has 0 unspecified atom stereocenters. The predicted molar refractivity (Wildman–Crippen MR) is 88.9 cm³/mol. The van der Waals surface area contributed by atoms with Crippen LogP contribution in [-0.4, -0.2) is 18.5 Å². The minimum absolute atomic E-state index is 0.388. The third-order valence-corrected chi connectivity index (χ3v) is 3.32. The summed E-state index contributed by atoms with van der Waals surface area (Å²) in [4.78, 5) is 23.1. The molecule has 1 rings (SSSR count). The van der Waals surface area contributed by atoms with Gasteiger partial charge >= 0.3 is 5.97 Å². The van der Waals surface area contributed by atoms with E-state index in [9.17, 15) is 9.59 Å². The van der Waals surface area contributed by atoms with Gasteiger partial charge in [0.15, 0.2) is 0 Å². The van der Waals surface area contributed by atoms with E-state index >= 15 is 0 Å². The van der Waals surface area contributed by atoms with E-state index < -0.39 is 11.9 Å². The lowest BCUT2D eigenvalue weighted by atomic mass is 10.2. The lowest BCUT2D eigenvalue weighted by Crippen LogP contribution is -2.10. The van der Waals surface area contributed by atoms with E-state index in [1.54, 1.807) is 24.3 Å². The van der Waals surface area contributed by atoms with Crippen LogP contribution in [0.3, 0.4) is 0 Å². The zero-order valence-electron chi connectivity index (χ0n) is 12.8. The van der Waals surface area contributed by atoms with Crippen molar-refractivity contribution in [2.24, 2.45) is 0 Å². The summed E-state index contributed by atoms with van der Waals surface area (Å²) in [6, 6.07) is 6.89. The fourth-order valence-electron chi connectivity index (χ4n) is 1.81. The number of nitrogens with one attached hydrogen (secondary N) is 1. The van der Waals surface area contributed by atoms with Crippen LogP contribution in [0.25, 0.3) is 0 Å². The number of benzene rings is 1. The molecule has 1 aromatic rings. The molecule has 0 aliphatic carbocycles. The van der Waals surface area contributed by atoms with Crippen molar-refractivity contribution in [3.05, 3.63) is 41.4 Å². The number of rotatable bonds is 9. The zero-order chi connectivity index (χ0) is 16.2. The van der Waals surface area contributed by atoms with Gasteiger partial charge in [0.25, 0.3) is 0 Å². The summed E-state index contributed by atoms with van der Waals surface area (Å²) in [5, 5.41) is 3.03. The summed E-state index contributed by atoms with van der Waals surface area (Å²) < 4.78 is 5.01. The first kappa shape index (κ1) is 18.2. The van der Waals surface area contributed by atoms with Crippen LogP contribution in [0.15, 0.2) is 36.4 Å². The highest BCUT2D eigenvalue weighted by molar-refractivity contribution is 6.33. The van der Waals surface area contributed by atoms with Crippen LogP contribution in [0.4, 0.5) is 5.69 Å². The molecule has 0 heterocycles. The molecule has 0 radical (unpaired) electrons. The Morgan fingerprint density at radius 1 is 1.14 bits per heavy atom. The highest BCUT2D eigenvalue weighted by Gasteiger charge is 2.03. The average molecular weight is 324 g/mol. The van der Waals surface area contributed by atoms with Crippen molar-refractivity contribution in [3.63, 3.8) is 0 Å². The van der Waals surface area contributed by atoms with Gasteiger partial charge in [-0.1, -0.05) is 56.3 Å². The summed E-state index contributed by atoms with van der Waals surface area (Å²) in [5.74, 6) is -0.933. The summed E-state index contributed by atoms with van der Waals surface area (Å²) in [7, 11) is 0. The molecule has 0 fully saturated rings. The topological polar surface area (TPSA) is 55.4 Å². The second-order valence-corrected chi connectivity index (χ2v) is 5.29. The van der Waals surface area contributed by atoms with Crippen LogP contribution in [-0.2, 0) is 14.3 Å². The van der Waals surface area contributed by atoms with Crippen LogP contribution in [0.5, 0.6) is 0 Å². The van der Waals surface area contributed by atoms with E-state index in [1.165, 1.54) is 12.8 Å². The van der Waals surface area contributed by atoms with Gasteiger partial charge in [-0.05, 0) is 18.6 Å². The molecular weight excluding hydrogens is 302 g/mol. The summed E-state index contributed by atoms with van der Waals surface area (Å²) in [5.41, 5.74) is 0.503. The number of amides is 1. The molecule has 0 aliphatic rings. The normalized spacial score (nSPS) is 10.6. The molecule has 1 amide bonds. The maximum atomic E-state index is 11.7. The Morgan fingerprint density at radius 3 is 2.59 bits per heavy atom. The number of carbonyl (C=O) groups excluding carboxylic acids is 2. The molecule has 5 heteroatoms. The van der Waals surface area contributed by atoms with Gasteiger partial charge in [-0.25, -0.2) is 4.79 Å². The average Bonchev–Trinajstić information content (AvgIpc) is 2.51. The van der Waals surface area contributed by atoms with Gasteiger partial charge in [-0.3, -0.25) is 4.79 Å². The molecule has 0 saturated carbocycles. The van der Waals surface area contributed by atoms with Crippen LogP contribution in [0, 0.1) is 0 Å². The molecule has 0 bridgehead atoms. The van der Waals surface area contributed by atoms with Crippen LogP contribution >= 0.6 is 11.6 Å². The molecule has 1 N–H and O–H groups in total. The fraction of sp³-hybridized carbons (Fsp3) is 0.412. The van der Waals surface area contributed by atoms with E-state index in [2.05, 4.69) is 12.2 Å². The van der Waals surface area contributed by atoms with Gasteiger partial charge in [0.05, 0.1) is 17.3 Å². The first-order chi connectivity index (χ1) is 10.6.